The summed E-state index contributed by atoms with van der Waals surface area (Å²) in [5, 5.41) is 17.3. The van der Waals surface area contributed by atoms with Crippen LogP contribution in [0.5, 0.6) is 0 Å². The molecule has 1 fully saturated rings. The Balaban J connectivity index is 1.49. The van der Waals surface area contributed by atoms with Gasteiger partial charge in [0.05, 0.1) is 18.3 Å². The number of amides is 2. The zero-order chi connectivity index (χ0) is 28.3. The van der Waals surface area contributed by atoms with Gasteiger partial charge in [-0.05, 0) is 36.8 Å². The molecule has 0 unspecified atom stereocenters. The molecule has 208 valence electrons. The molecule has 0 radical (unpaired) electrons. The summed E-state index contributed by atoms with van der Waals surface area (Å²) in [4.78, 5) is 37.2. The first-order valence-corrected chi connectivity index (χ1v) is 13.6. The van der Waals surface area contributed by atoms with E-state index in [0.717, 1.165) is 34.5 Å². The van der Waals surface area contributed by atoms with E-state index in [9.17, 15) is 14.7 Å². The fourth-order valence-electron chi connectivity index (χ4n) is 5.08. The van der Waals surface area contributed by atoms with Gasteiger partial charge in [0.25, 0.3) is 0 Å². The van der Waals surface area contributed by atoms with Gasteiger partial charge in [-0.1, -0.05) is 64.0 Å². The zero-order valence-electron chi connectivity index (χ0n) is 23.6. The Hall–Kier alpha value is -3.59. The molecule has 39 heavy (non-hydrogen) atoms. The molecule has 0 bridgehead atoms. The lowest BCUT2D eigenvalue weighted by Gasteiger charge is -2.30. The minimum Gasteiger partial charge on any atom is -0.394 e. The molecule has 1 saturated heterocycles. The van der Waals surface area contributed by atoms with Crippen LogP contribution in [0.3, 0.4) is 0 Å². The van der Waals surface area contributed by atoms with Crippen LogP contribution in [0.25, 0.3) is 11.1 Å². The van der Waals surface area contributed by atoms with Crippen LogP contribution < -0.4 is 5.32 Å². The summed E-state index contributed by atoms with van der Waals surface area (Å²) >= 11 is 0. The van der Waals surface area contributed by atoms with Gasteiger partial charge in [-0.3, -0.25) is 9.59 Å². The average Bonchev–Trinajstić information content (AvgIpc) is 3.58. The Labute approximate surface area is 230 Å². The van der Waals surface area contributed by atoms with Crippen molar-refractivity contribution in [2.24, 2.45) is 5.92 Å². The van der Waals surface area contributed by atoms with E-state index in [4.69, 9.17) is 4.52 Å². The maximum absolute atomic E-state index is 13.8. The Bertz CT molecular complexity index is 1300. The molecule has 2 N–H and O–H groups in total. The summed E-state index contributed by atoms with van der Waals surface area (Å²) in [7, 11) is 0. The van der Waals surface area contributed by atoms with Gasteiger partial charge in [0, 0.05) is 35.5 Å². The first kappa shape index (κ1) is 28.4. The molecular weight excluding hydrogens is 494 g/mol. The second-order valence-electron chi connectivity index (χ2n) is 11.7. The van der Waals surface area contributed by atoms with E-state index in [-0.39, 0.29) is 29.8 Å². The molecule has 3 aromatic rings. The van der Waals surface area contributed by atoms with Crippen molar-refractivity contribution in [2.45, 2.75) is 77.8 Å². The van der Waals surface area contributed by atoms with Crippen molar-refractivity contribution in [1.29, 1.82) is 0 Å². The number of benzene rings is 1. The molecule has 9 heteroatoms. The van der Waals surface area contributed by atoms with Crippen LogP contribution in [-0.2, 0) is 15.0 Å². The highest BCUT2D eigenvalue weighted by molar-refractivity contribution is 5.91. The van der Waals surface area contributed by atoms with Gasteiger partial charge in [0.2, 0.25) is 11.8 Å². The summed E-state index contributed by atoms with van der Waals surface area (Å²) in [6, 6.07) is 8.28. The summed E-state index contributed by atoms with van der Waals surface area (Å²) in [5.74, 6) is -0.451. The Morgan fingerprint density at radius 2 is 1.92 bits per heavy atom. The van der Waals surface area contributed by atoms with Crippen molar-refractivity contribution in [2.75, 3.05) is 13.2 Å². The summed E-state index contributed by atoms with van der Waals surface area (Å²) < 4.78 is 5.64. The van der Waals surface area contributed by atoms with Gasteiger partial charge in [-0.15, -0.1) is 0 Å². The maximum Gasteiger partial charge on any atom is 0.243 e. The highest BCUT2D eigenvalue weighted by Crippen LogP contribution is 2.33. The molecule has 1 aliphatic heterocycles. The maximum atomic E-state index is 13.8. The van der Waals surface area contributed by atoms with Gasteiger partial charge in [-0.2, -0.15) is 0 Å². The Kier molecular flexibility index (Phi) is 8.49. The van der Waals surface area contributed by atoms with Gasteiger partial charge < -0.3 is 19.8 Å². The first-order chi connectivity index (χ1) is 18.5. The highest BCUT2D eigenvalue weighted by Gasteiger charge is 2.41. The normalized spacial score (nSPS) is 17.3. The molecular formula is C30H39N5O4. The molecule has 9 nitrogen and oxygen atoms in total. The summed E-state index contributed by atoms with van der Waals surface area (Å²) in [6.45, 7) is 12.2. The summed E-state index contributed by atoms with van der Waals surface area (Å²) in [5.41, 5.74) is 4.11. The molecule has 2 aromatic heterocycles. The van der Waals surface area contributed by atoms with Crippen LogP contribution in [0.15, 0.2) is 47.4 Å². The lowest BCUT2D eigenvalue weighted by atomic mass is 9.88. The second kappa shape index (κ2) is 11.7. The number of carbonyl (C=O) groups is 2. The van der Waals surface area contributed by atoms with Crippen molar-refractivity contribution in [1.82, 2.24) is 25.3 Å². The SMILES string of the molecule is Cc1ncncc1-c1ccc([C@H](CO)NC(=O)[C@@H]2CCCN2C(=O)[C@@H](c2cc(C(C)(C)C)no2)C(C)C)cc1. The molecule has 0 aliphatic carbocycles. The smallest absolute Gasteiger partial charge is 0.243 e. The lowest BCUT2D eigenvalue weighted by Crippen LogP contribution is -2.49. The van der Waals surface area contributed by atoms with Crippen LogP contribution in [0, 0.1) is 12.8 Å². The van der Waals surface area contributed by atoms with Crippen molar-refractivity contribution in [3.63, 3.8) is 0 Å². The number of aliphatic hydroxyl groups excluding tert-OH is 1. The molecule has 0 saturated carbocycles. The van der Waals surface area contributed by atoms with E-state index in [1.54, 1.807) is 11.1 Å². The highest BCUT2D eigenvalue weighted by atomic mass is 16.5. The van der Waals surface area contributed by atoms with Gasteiger partial charge in [0.15, 0.2) is 0 Å². The fourth-order valence-corrected chi connectivity index (χ4v) is 5.08. The molecule has 2 amide bonds. The Morgan fingerprint density at radius 3 is 2.51 bits per heavy atom. The van der Waals surface area contributed by atoms with Gasteiger partial charge in [-0.25, -0.2) is 9.97 Å². The molecule has 3 heterocycles. The predicted octanol–water partition coefficient (Wildman–Crippen LogP) is 4.32. The van der Waals surface area contributed by atoms with Crippen LogP contribution in [0.2, 0.25) is 0 Å². The van der Waals surface area contributed by atoms with E-state index >= 15 is 0 Å². The van der Waals surface area contributed by atoms with E-state index in [2.05, 4.69) is 20.4 Å². The van der Waals surface area contributed by atoms with Crippen molar-refractivity contribution >= 4 is 11.8 Å². The quantitative estimate of drug-likeness (QED) is 0.442. The first-order valence-electron chi connectivity index (χ1n) is 13.6. The minimum absolute atomic E-state index is 0.0371. The molecule has 1 aliphatic rings. The third-order valence-electron chi connectivity index (χ3n) is 7.41. The number of aromatic nitrogens is 3. The van der Waals surface area contributed by atoms with Crippen LogP contribution in [-0.4, -0.2) is 56.1 Å². The van der Waals surface area contributed by atoms with E-state index in [1.807, 2.05) is 71.9 Å². The van der Waals surface area contributed by atoms with Crippen LogP contribution in [0.4, 0.5) is 0 Å². The van der Waals surface area contributed by atoms with Crippen molar-refractivity contribution in [3.8, 4) is 11.1 Å². The number of aliphatic hydroxyl groups is 1. The second-order valence-corrected chi connectivity index (χ2v) is 11.7. The summed E-state index contributed by atoms with van der Waals surface area (Å²) in [6.07, 6.45) is 4.58. The number of hydrogen-bond donors (Lipinski definition) is 2. The number of nitrogens with zero attached hydrogens (tertiary/aromatic N) is 4. The zero-order valence-corrected chi connectivity index (χ0v) is 23.6. The number of likely N-dealkylation sites (tertiary alicyclic amines) is 1. The van der Waals surface area contributed by atoms with Crippen LogP contribution >= 0.6 is 0 Å². The van der Waals surface area contributed by atoms with Gasteiger partial charge in [0.1, 0.15) is 24.0 Å². The third kappa shape index (κ3) is 6.19. The predicted molar refractivity (Wildman–Crippen MR) is 148 cm³/mol. The van der Waals surface area contributed by atoms with Crippen molar-refractivity contribution < 1.29 is 19.2 Å². The average molecular weight is 534 g/mol. The van der Waals surface area contributed by atoms with Crippen LogP contribution in [0.1, 0.15) is 82.1 Å². The number of carbonyl (C=O) groups excluding carboxylic acids is 2. The van der Waals surface area contributed by atoms with Crippen molar-refractivity contribution in [3.05, 3.63) is 65.6 Å². The standard InChI is InChI=1S/C30H39N5O4/c1-18(2)27(25-14-26(34-39-25)30(4,5)6)29(38)35-13-7-8-24(35)28(37)33-23(16-36)21-11-9-20(10-12-21)22-15-31-17-32-19(22)3/h9-12,14-15,17-18,23-24,27,36H,7-8,13,16H2,1-6H3,(H,33,37)/t23-,24-,27+/m0/s1. The largest absolute Gasteiger partial charge is 0.394 e. The van der Waals surface area contributed by atoms with E-state index in [0.29, 0.717) is 18.7 Å². The fraction of sp³-hybridized carbons (Fsp3) is 0.500. The number of hydrogen-bond acceptors (Lipinski definition) is 7. The van der Waals surface area contributed by atoms with E-state index < -0.39 is 18.0 Å². The molecule has 3 atom stereocenters. The Morgan fingerprint density at radius 1 is 1.21 bits per heavy atom. The van der Waals surface area contributed by atoms with E-state index in [1.165, 1.54) is 6.33 Å². The number of rotatable bonds is 8. The third-order valence-corrected chi connectivity index (χ3v) is 7.41. The minimum atomic E-state index is -0.610. The number of aryl methyl sites for hydroxylation is 1. The number of nitrogens with one attached hydrogen (secondary N) is 1. The monoisotopic (exact) mass is 533 g/mol. The molecule has 1 aromatic carbocycles. The van der Waals surface area contributed by atoms with Gasteiger partial charge >= 0.3 is 0 Å². The molecule has 4 rings (SSSR count). The topological polar surface area (TPSA) is 121 Å². The lowest BCUT2D eigenvalue weighted by molar-refractivity contribution is -0.141. The molecule has 0 spiro atoms.